The summed E-state index contributed by atoms with van der Waals surface area (Å²) in [5.41, 5.74) is 1.46. The monoisotopic (exact) mass is 300 g/mol. The van der Waals surface area contributed by atoms with Crippen molar-refractivity contribution in [2.75, 3.05) is 0 Å². The first-order chi connectivity index (χ1) is 4.34. The summed E-state index contributed by atoms with van der Waals surface area (Å²) < 4.78 is 0.528. The van der Waals surface area contributed by atoms with Gasteiger partial charge in [0.2, 0.25) is 0 Å². The molecule has 0 fully saturated rings. The fourth-order valence-corrected chi connectivity index (χ4v) is 1.29. The summed E-state index contributed by atoms with van der Waals surface area (Å²) in [4.78, 5) is 0. The molecule has 0 saturated heterocycles. The van der Waals surface area contributed by atoms with Gasteiger partial charge in [0.05, 0.1) is 0 Å². The molecule has 1 rings (SSSR count). The molecule has 0 aromatic rings. The van der Waals surface area contributed by atoms with Crippen molar-refractivity contribution >= 4 is 0 Å². The van der Waals surface area contributed by atoms with E-state index in [0.717, 1.165) is 6.42 Å². The van der Waals surface area contributed by atoms with Gasteiger partial charge in [-0.05, 0) is 0 Å². The number of hydrogen-bond donors (Lipinski definition) is 0. The molecule has 0 aromatic carbocycles. The molecule has 0 bridgehead atoms. The summed E-state index contributed by atoms with van der Waals surface area (Å²) in [5.74, 6) is 0. The van der Waals surface area contributed by atoms with Crippen molar-refractivity contribution < 1.29 is 19.8 Å². The Kier molecular flexibility index (Phi) is 2.47. The van der Waals surface area contributed by atoms with Crippen LogP contribution in [0.15, 0.2) is 36.5 Å². The Morgan fingerprint density at radius 2 is 2.56 bits per heavy atom. The van der Waals surface area contributed by atoms with Crippen LogP contribution < -0.4 is 0 Å². The van der Waals surface area contributed by atoms with E-state index in [1.165, 1.54) is 5.57 Å². The summed E-state index contributed by atoms with van der Waals surface area (Å²) in [6.45, 7) is 3.73. The third kappa shape index (κ3) is 1.66. The molecule has 0 N–H and O–H groups in total. The molecule has 1 aliphatic carbocycles. The van der Waals surface area contributed by atoms with Crippen molar-refractivity contribution in [1.82, 2.24) is 0 Å². The van der Waals surface area contributed by atoms with Gasteiger partial charge in [0, 0.05) is 0 Å². The quantitative estimate of drug-likeness (QED) is 0.687. The summed E-state index contributed by atoms with van der Waals surface area (Å²) >= 11 is 2.37. The first-order valence-corrected chi connectivity index (χ1v) is 4.24. The van der Waals surface area contributed by atoms with Crippen LogP contribution in [0.4, 0.5) is 0 Å². The van der Waals surface area contributed by atoms with E-state index in [1.807, 2.05) is 6.08 Å². The van der Waals surface area contributed by atoms with Crippen LogP contribution in [0.1, 0.15) is 6.42 Å². The van der Waals surface area contributed by atoms with Crippen LogP contribution in [0.3, 0.4) is 0 Å². The third-order valence-corrected chi connectivity index (χ3v) is 2.70. The Morgan fingerprint density at radius 1 is 1.78 bits per heavy atom. The minimum atomic E-state index is 0.528. The van der Waals surface area contributed by atoms with E-state index in [-0.39, 0.29) is 0 Å². The van der Waals surface area contributed by atoms with Gasteiger partial charge in [-0.25, -0.2) is 0 Å². The summed E-state index contributed by atoms with van der Waals surface area (Å²) in [6, 6.07) is 0. The van der Waals surface area contributed by atoms with Gasteiger partial charge < -0.3 is 0 Å². The molecule has 9 heavy (non-hydrogen) atoms. The van der Waals surface area contributed by atoms with Crippen LogP contribution in [0, 0.1) is 0 Å². The zero-order valence-corrected chi connectivity index (χ0v) is 7.39. The molecule has 0 aromatic heterocycles. The van der Waals surface area contributed by atoms with Crippen molar-refractivity contribution in [3.63, 3.8) is 0 Å². The fraction of sp³-hybridized carbons (Fsp3) is 0.250. The Bertz CT molecular complexity index is 165. The average molecular weight is 300 g/mol. The van der Waals surface area contributed by atoms with Crippen molar-refractivity contribution in [3.05, 3.63) is 36.5 Å². The summed E-state index contributed by atoms with van der Waals surface area (Å²) in [7, 11) is 0. The molecular formula is C8H9Pt. The third-order valence-electron chi connectivity index (χ3n) is 1.32. The molecule has 1 unspecified atom stereocenters. The second-order valence-electron chi connectivity index (χ2n) is 1.97. The topological polar surface area (TPSA) is 0 Å². The van der Waals surface area contributed by atoms with Gasteiger partial charge in [-0.2, -0.15) is 0 Å². The molecule has 0 nitrogen and oxygen atoms in total. The molecule has 1 atom stereocenters. The Labute approximate surface area is 67.2 Å². The van der Waals surface area contributed by atoms with E-state index in [0.29, 0.717) is 4.31 Å². The van der Waals surface area contributed by atoms with E-state index >= 15 is 0 Å². The normalized spacial score (nSPS) is 19.6. The van der Waals surface area contributed by atoms with Crippen LogP contribution in [0.2, 0.25) is 4.31 Å². The molecule has 0 aliphatic heterocycles. The molecule has 0 amide bonds. The van der Waals surface area contributed by atoms with Crippen LogP contribution in [-0.4, -0.2) is 0 Å². The van der Waals surface area contributed by atoms with Crippen molar-refractivity contribution in [2.24, 2.45) is 0 Å². The Hall–Kier alpha value is -0.0917. The van der Waals surface area contributed by atoms with Crippen molar-refractivity contribution in [2.45, 2.75) is 10.7 Å². The second kappa shape index (κ2) is 3.17. The number of allylic oxidation sites excluding steroid dienone is 5. The fourth-order valence-electron chi connectivity index (χ4n) is 0.806. The Morgan fingerprint density at radius 3 is 3.00 bits per heavy atom. The van der Waals surface area contributed by atoms with Crippen molar-refractivity contribution in [1.29, 1.82) is 0 Å². The summed E-state index contributed by atoms with van der Waals surface area (Å²) in [5, 5.41) is 0. The van der Waals surface area contributed by atoms with Crippen molar-refractivity contribution in [3.8, 4) is 0 Å². The van der Waals surface area contributed by atoms with Gasteiger partial charge in [0.15, 0.2) is 0 Å². The first kappa shape index (κ1) is 7.02. The summed E-state index contributed by atoms with van der Waals surface area (Å²) in [6.07, 6.45) is 9.52. The molecular weight excluding hydrogens is 291 g/mol. The average Bonchev–Trinajstić information content (AvgIpc) is 2.37. The van der Waals surface area contributed by atoms with Gasteiger partial charge >= 0.3 is 67.0 Å². The van der Waals surface area contributed by atoms with Crippen LogP contribution in [-0.2, 0) is 19.8 Å². The van der Waals surface area contributed by atoms with E-state index in [2.05, 4.69) is 44.6 Å². The van der Waals surface area contributed by atoms with Gasteiger partial charge in [-0.3, -0.25) is 0 Å². The van der Waals surface area contributed by atoms with Crippen LogP contribution in [0.5, 0.6) is 0 Å². The zero-order chi connectivity index (χ0) is 6.69. The molecule has 51 valence electrons. The molecule has 0 spiro atoms. The second-order valence-corrected chi connectivity index (χ2v) is 3.39. The Balaban J connectivity index is 2.54. The molecule has 1 heteroatoms. The maximum atomic E-state index is 3.73. The number of hydrogen-bond acceptors (Lipinski definition) is 0. The molecule has 0 heterocycles. The zero-order valence-electron chi connectivity index (χ0n) is 5.12. The first-order valence-electron chi connectivity index (χ1n) is 2.93. The van der Waals surface area contributed by atoms with Gasteiger partial charge in [-0.15, -0.1) is 0 Å². The van der Waals surface area contributed by atoms with Gasteiger partial charge in [0.1, 0.15) is 0 Å². The molecule has 1 aliphatic rings. The molecule has 0 radical (unpaired) electrons. The predicted molar refractivity (Wildman–Crippen MR) is 35.8 cm³/mol. The van der Waals surface area contributed by atoms with Crippen LogP contribution in [0.25, 0.3) is 0 Å². The van der Waals surface area contributed by atoms with Crippen LogP contribution >= 0.6 is 0 Å². The predicted octanol–water partition coefficient (Wildman–Crippen LogP) is 2.39. The SMILES string of the molecule is C=C[CH]([Pt])C1=CC=CC1. The maximum absolute atomic E-state index is 3.73. The van der Waals surface area contributed by atoms with E-state index in [1.54, 1.807) is 0 Å². The van der Waals surface area contributed by atoms with Gasteiger partial charge in [0.25, 0.3) is 0 Å². The van der Waals surface area contributed by atoms with E-state index in [9.17, 15) is 0 Å². The number of rotatable bonds is 2. The van der Waals surface area contributed by atoms with E-state index in [4.69, 9.17) is 0 Å². The minimum absolute atomic E-state index is 0.528. The standard InChI is InChI=1S/C8H9.Pt/c1-2-5-8-6-3-4-7-8;/h2-6H,1,7H2;. The van der Waals surface area contributed by atoms with E-state index < -0.39 is 0 Å². The van der Waals surface area contributed by atoms with Gasteiger partial charge in [-0.1, -0.05) is 0 Å². The molecule has 0 saturated carbocycles.